The van der Waals surface area contributed by atoms with E-state index in [1.165, 1.54) is 11.3 Å². The zero-order valence-corrected chi connectivity index (χ0v) is 12.6. The third kappa shape index (κ3) is 2.99. The lowest BCUT2D eigenvalue weighted by Gasteiger charge is -2.09. The van der Waals surface area contributed by atoms with E-state index >= 15 is 0 Å². The fourth-order valence-electron chi connectivity index (χ4n) is 2.28. The van der Waals surface area contributed by atoms with E-state index in [9.17, 15) is 0 Å². The van der Waals surface area contributed by atoms with Gasteiger partial charge in [0.15, 0.2) is 0 Å². The van der Waals surface area contributed by atoms with Crippen LogP contribution in [0, 0.1) is 13.8 Å². The Balaban J connectivity index is 2.25. The summed E-state index contributed by atoms with van der Waals surface area (Å²) in [6.45, 7) is 8.76. The van der Waals surface area contributed by atoms with Gasteiger partial charge in [-0.05, 0) is 26.5 Å². The standard InChI is InChI=1S/C15H22N4O/c1-5-16-9-14-11(2)18-19(12(14)3)10-13-7-6-8-17-15(13)20-4/h6-8,16H,5,9-10H2,1-4H3. The molecule has 0 saturated heterocycles. The molecular formula is C15H22N4O. The average Bonchev–Trinajstić information content (AvgIpc) is 2.72. The highest BCUT2D eigenvalue weighted by Crippen LogP contribution is 2.18. The maximum Gasteiger partial charge on any atom is 0.218 e. The van der Waals surface area contributed by atoms with E-state index in [4.69, 9.17) is 4.74 Å². The largest absolute Gasteiger partial charge is 0.481 e. The summed E-state index contributed by atoms with van der Waals surface area (Å²) >= 11 is 0. The molecular weight excluding hydrogens is 252 g/mol. The van der Waals surface area contributed by atoms with Crippen molar-refractivity contribution < 1.29 is 4.74 Å². The van der Waals surface area contributed by atoms with Gasteiger partial charge in [-0.2, -0.15) is 5.10 Å². The quantitative estimate of drug-likeness (QED) is 0.876. The lowest BCUT2D eigenvalue weighted by atomic mass is 10.2. The number of hydrogen-bond donors (Lipinski definition) is 1. The molecule has 5 nitrogen and oxygen atoms in total. The van der Waals surface area contributed by atoms with Crippen molar-refractivity contribution in [2.75, 3.05) is 13.7 Å². The highest BCUT2D eigenvalue weighted by molar-refractivity contribution is 5.29. The molecule has 2 rings (SSSR count). The average molecular weight is 274 g/mol. The Morgan fingerprint density at radius 3 is 2.85 bits per heavy atom. The topological polar surface area (TPSA) is 52.0 Å². The summed E-state index contributed by atoms with van der Waals surface area (Å²) in [7, 11) is 1.64. The van der Waals surface area contributed by atoms with Crippen LogP contribution in [0.4, 0.5) is 0 Å². The van der Waals surface area contributed by atoms with Crippen molar-refractivity contribution in [1.82, 2.24) is 20.1 Å². The van der Waals surface area contributed by atoms with Gasteiger partial charge in [-0.15, -0.1) is 0 Å². The molecule has 0 bridgehead atoms. The van der Waals surface area contributed by atoms with Gasteiger partial charge < -0.3 is 10.1 Å². The number of aromatic nitrogens is 3. The van der Waals surface area contributed by atoms with Crippen LogP contribution in [-0.2, 0) is 13.1 Å². The zero-order chi connectivity index (χ0) is 14.5. The van der Waals surface area contributed by atoms with Crippen molar-refractivity contribution in [2.24, 2.45) is 0 Å². The number of nitrogens with one attached hydrogen (secondary N) is 1. The second-order valence-corrected chi connectivity index (χ2v) is 4.76. The molecule has 2 heterocycles. The minimum Gasteiger partial charge on any atom is -0.481 e. The Morgan fingerprint density at radius 2 is 2.15 bits per heavy atom. The van der Waals surface area contributed by atoms with E-state index in [1.807, 2.05) is 16.8 Å². The minimum atomic E-state index is 0.660. The van der Waals surface area contributed by atoms with Crippen molar-refractivity contribution in [1.29, 1.82) is 0 Å². The van der Waals surface area contributed by atoms with Crippen LogP contribution in [0.3, 0.4) is 0 Å². The predicted octanol–water partition coefficient (Wildman–Crippen LogP) is 2.06. The molecule has 20 heavy (non-hydrogen) atoms. The third-order valence-electron chi connectivity index (χ3n) is 3.45. The molecule has 0 amide bonds. The molecule has 2 aromatic heterocycles. The van der Waals surface area contributed by atoms with Gasteiger partial charge in [0.2, 0.25) is 5.88 Å². The molecule has 0 saturated carbocycles. The fourth-order valence-corrected chi connectivity index (χ4v) is 2.28. The van der Waals surface area contributed by atoms with E-state index in [-0.39, 0.29) is 0 Å². The van der Waals surface area contributed by atoms with E-state index < -0.39 is 0 Å². The first-order valence-corrected chi connectivity index (χ1v) is 6.88. The molecule has 0 aliphatic rings. The number of hydrogen-bond acceptors (Lipinski definition) is 4. The molecule has 108 valence electrons. The van der Waals surface area contributed by atoms with Gasteiger partial charge in [-0.25, -0.2) is 4.98 Å². The fraction of sp³-hybridized carbons (Fsp3) is 0.467. The Hall–Kier alpha value is -1.88. The summed E-state index contributed by atoms with van der Waals surface area (Å²) < 4.78 is 7.31. The van der Waals surface area contributed by atoms with E-state index in [0.29, 0.717) is 12.4 Å². The summed E-state index contributed by atoms with van der Waals surface area (Å²) in [6, 6.07) is 3.94. The maximum atomic E-state index is 5.29. The summed E-state index contributed by atoms with van der Waals surface area (Å²) in [6.07, 6.45) is 1.74. The first-order valence-electron chi connectivity index (χ1n) is 6.88. The van der Waals surface area contributed by atoms with Crippen LogP contribution in [0.1, 0.15) is 29.4 Å². The molecule has 0 aliphatic carbocycles. The molecule has 0 aromatic carbocycles. The second kappa shape index (κ2) is 6.52. The van der Waals surface area contributed by atoms with Gasteiger partial charge in [0.05, 0.1) is 19.3 Å². The lowest BCUT2D eigenvalue weighted by molar-refractivity contribution is 0.390. The molecule has 1 N–H and O–H groups in total. The Morgan fingerprint density at radius 1 is 1.35 bits per heavy atom. The summed E-state index contributed by atoms with van der Waals surface area (Å²) in [5.74, 6) is 0.660. The van der Waals surface area contributed by atoms with Crippen molar-refractivity contribution in [3.05, 3.63) is 40.8 Å². The summed E-state index contributed by atoms with van der Waals surface area (Å²) in [5.41, 5.74) is 4.57. The number of methoxy groups -OCH3 is 1. The number of rotatable bonds is 6. The first-order chi connectivity index (χ1) is 9.67. The molecule has 0 atom stereocenters. The van der Waals surface area contributed by atoms with Crippen LogP contribution < -0.4 is 10.1 Å². The van der Waals surface area contributed by atoms with Gasteiger partial charge in [-0.1, -0.05) is 13.0 Å². The number of pyridine rings is 1. The van der Waals surface area contributed by atoms with Crippen molar-refractivity contribution in [3.63, 3.8) is 0 Å². The summed E-state index contributed by atoms with van der Waals surface area (Å²) in [5, 5.41) is 7.98. The molecule has 0 radical (unpaired) electrons. The maximum absolute atomic E-state index is 5.29. The Kier molecular flexibility index (Phi) is 4.74. The highest BCUT2D eigenvalue weighted by Gasteiger charge is 2.13. The zero-order valence-electron chi connectivity index (χ0n) is 12.6. The van der Waals surface area contributed by atoms with Crippen LogP contribution in [0.2, 0.25) is 0 Å². The van der Waals surface area contributed by atoms with Crippen LogP contribution in [0.5, 0.6) is 5.88 Å². The predicted molar refractivity (Wildman–Crippen MR) is 79.0 cm³/mol. The van der Waals surface area contributed by atoms with Gasteiger partial charge in [0.25, 0.3) is 0 Å². The van der Waals surface area contributed by atoms with Crippen molar-refractivity contribution >= 4 is 0 Å². The lowest BCUT2D eigenvalue weighted by Crippen LogP contribution is -2.13. The van der Waals surface area contributed by atoms with Crippen LogP contribution in [0.15, 0.2) is 18.3 Å². The molecule has 0 fully saturated rings. The number of aryl methyl sites for hydroxylation is 1. The second-order valence-electron chi connectivity index (χ2n) is 4.76. The number of nitrogens with zero attached hydrogens (tertiary/aromatic N) is 3. The minimum absolute atomic E-state index is 0.660. The van der Waals surface area contributed by atoms with Gasteiger partial charge in [-0.3, -0.25) is 4.68 Å². The van der Waals surface area contributed by atoms with Crippen molar-refractivity contribution in [3.8, 4) is 5.88 Å². The Labute approximate surface area is 120 Å². The van der Waals surface area contributed by atoms with Gasteiger partial charge in [0.1, 0.15) is 0 Å². The molecule has 2 aromatic rings. The van der Waals surface area contributed by atoms with E-state index in [0.717, 1.165) is 24.3 Å². The van der Waals surface area contributed by atoms with Gasteiger partial charge >= 0.3 is 0 Å². The SMILES string of the molecule is CCNCc1c(C)nn(Cc2cccnc2OC)c1C. The Bertz CT molecular complexity index is 577. The first kappa shape index (κ1) is 14.5. The van der Waals surface area contributed by atoms with Crippen LogP contribution in [-0.4, -0.2) is 28.4 Å². The third-order valence-corrected chi connectivity index (χ3v) is 3.45. The molecule has 0 unspecified atom stereocenters. The smallest absolute Gasteiger partial charge is 0.218 e. The monoisotopic (exact) mass is 274 g/mol. The van der Waals surface area contributed by atoms with E-state index in [1.54, 1.807) is 13.3 Å². The molecule has 5 heteroatoms. The van der Waals surface area contributed by atoms with Gasteiger partial charge in [0, 0.05) is 29.6 Å². The summed E-state index contributed by atoms with van der Waals surface area (Å²) in [4.78, 5) is 4.23. The van der Waals surface area contributed by atoms with Crippen LogP contribution in [0.25, 0.3) is 0 Å². The normalized spacial score (nSPS) is 10.8. The van der Waals surface area contributed by atoms with Crippen molar-refractivity contribution in [2.45, 2.75) is 33.9 Å². The number of ether oxygens (including phenoxy) is 1. The van der Waals surface area contributed by atoms with Crippen LogP contribution >= 0.6 is 0 Å². The highest BCUT2D eigenvalue weighted by atomic mass is 16.5. The molecule has 0 aliphatic heterocycles. The van der Waals surface area contributed by atoms with E-state index in [2.05, 4.69) is 36.2 Å². The molecule has 0 spiro atoms.